The second-order valence-electron chi connectivity index (χ2n) is 13.3. The first-order chi connectivity index (χ1) is 20.6. The van der Waals surface area contributed by atoms with Gasteiger partial charge in [-0.25, -0.2) is 18.4 Å². The summed E-state index contributed by atoms with van der Waals surface area (Å²) >= 11 is 0. The summed E-state index contributed by atoms with van der Waals surface area (Å²) < 4.78 is 40.5. The van der Waals surface area contributed by atoms with E-state index in [-0.39, 0.29) is 30.6 Å². The number of carbonyl (C=O) groups excluding carboxylic acids is 2. The molecule has 5 nitrogen and oxygen atoms in total. The summed E-state index contributed by atoms with van der Waals surface area (Å²) in [5.41, 5.74) is 1.76. The topological polar surface area (TPSA) is 72.8 Å². The highest BCUT2D eigenvalue weighted by molar-refractivity contribution is 5.88. The van der Waals surface area contributed by atoms with Gasteiger partial charge < -0.3 is 14.6 Å². The molecular weight excluding hydrogens is 550 g/mol. The number of hydrogen-bond donors (Lipinski definition) is 1. The number of unbranched alkanes of at least 4 members (excludes halogenated alkanes) is 2. The Hall–Kier alpha value is -2.28. The van der Waals surface area contributed by atoms with E-state index in [1.165, 1.54) is 12.8 Å². The van der Waals surface area contributed by atoms with Crippen LogP contribution in [0.15, 0.2) is 47.1 Å². The Balaban J connectivity index is 1.43. The van der Waals surface area contributed by atoms with Crippen molar-refractivity contribution < 1.29 is 33.0 Å². The molecule has 0 amide bonds. The summed E-state index contributed by atoms with van der Waals surface area (Å²) in [6, 6.07) is 0. The number of allylic oxidation sites excluding steroid dienone is 4. The van der Waals surface area contributed by atoms with Gasteiger partial charge in [-0.2, -0.15) is 0 Å². The maximum atomic E-state index is 15.1. The van der Waals surface area contributed by atoms with Crippen molar-refractivity contribution in [3.63, 3.8) is 0 Å². The van der Waals surface area contributed by atoms with Crippen LogP contribution in [0.4, 0.5) is 8.78 Å². The third-order valence-electron chi connectivity index (χ3n) is 10.1. The molecule has 0 saturated heterocycles. The van der Waals surface area contributed by atoms with Gasteiger partial charge in [0.05, 0.1) is 25.4 Å². The lowest BCUT2D eigenvalue weighted by Crippen LogP contribution is -2.27. The fourth-order valence-electron chi connectivity index (χ4n) is 7.26. The van der Waals surface area contributed by atoms with Crippen molar-refractivity contribution in [3.05, 3.63) is 47.1 Å². The Kier molecular flexibility index (Phi) is 14.6. The van der Waals surface area contributed by atoms with E-state index >= 15 is 4.39 Å². The van der Waals surface area contributed by atoms with Crippen LogP contribution in [0.5, 0.6) is 0 Å². The molecule has 0 radical (unpaired) electrons. The van der Waals surface area contributed by atoms with E-state index in [0.717, 1.165) is 76.2 Å². The highest BCUT2D eigenvalue weighted by Crippen LogP contribution is 2.47. The predicted molar refractivity (Wildman–Crippen MR) is 166 cm³/mol. The number of aliphatic hydroxyl groups is 1. The molecule has 2 fully saturated rings. The number of ether oxygens (including phenoxy) is 2. The SMILES string of the molecule is C=C(C)C(=O)OCC(CCC1CCC(C2CCC(C3=C(F)C(F)=C(CCCCC)CC3)CC2)CC1)COC(=O)C(=C)CO. The Morgan fingerprint density at radius 2 is 1.49 bits per heavy atom. The van der Waals surface area contributed by atoms with Crippen LogP contribution in [-0.2, 0) is 19.1 Å². The lowest BCUT2D eigenvalue weighted by molar-refractivity contribution is -0.144. The molecule has 0 aromatic rings. The predicted octanol–water partition coefficient (Wildman–Crippen LogP) is 9.03. The smallest absolute Gasteiger partial charge is 0.335 e. The van der Waals surface area contributed by atoms with E-state index in [0.29, 0.717) is 48.2 Å². The van der Waals surface area contributed by atoms with E-state index in [1.807, 2.05) is 0 Å². The lowest BCUT2D eigenvalue weighted by atomic mass is 9.67. The molecule has 1 unspecified atom stereocenters. The Labute approximate surface area is 257 Å². The monoisotopic (exact) mass is 604 g/mol. The first-order valence-corrected chi connectivity index (χ1v) is 16.7. The van der Waals surface area contributed by atoms with Gasteiger partial charge in [-0.1, -0.05) is 45.8 Å². The Morgan fingerprint density at radius 3 is 2.07 bits per heavy atom. The number of esters is 2. The Bertz CT molecular complexity index is 1030. The number of aliphatic hydroxyl groups excluding tert-OH is 1. The van der Waals surface area contributed by atoms with Crippen LogP contribution in [0.2, 0.25) is 0 Å². The standard InChI is InChI=1S/C36H54F2O5/c1-5-6-7-8-31-19-20-32(34(38)33(31)37)30-17-15-29(16-18-30)28-13-11-26(12-14-28)9-10-27(22-42-35(40)24(2)3)23-43-36(41)25(4)21-39/h26-30,39H,2,4-23H2,1,3H3. The van der Waals surface area contributed by atoms with Gasteiger partial charge in [-0.05, 0) is 119 Å². The van der Waals surface area contributed by atoms with E-state index in [2.05, 4.69) is 20.1 Å². The van der Waals surface area contributed by atoms with Crippen molar-refractivity contribution in [2.75, 3.05) is 19.8 Å². The highest BCUT2D eigenvalue weighted by Gasteiger charge is 2.34. The molecule has 3 aliphatic carbocycles. The van der Waals surface area contributed by atoms with Crippen LogP contribution in [-0.4, -0.2) is 36.9 Å². The van der Waals surface area contributed by atoms with Crippen molar-refractivity contribution in [1.82, 2.24) is 0 Å². The fourth-order valence-corrected chi connectivity index (χ4v) is 7.26. The van der Waals surface area contributed by atoms with Gasteiger partial charge in [0.1, 0.15) is 0 Å². The van der Waals surface area contributed by atoms with Crippen LogP contribution >= 0.6 is 0 Å². The molecule has 43 heavy (non-hydrogen) atoms. The van der Waals surface area contributed by atoms with Crippen molar-refractivity contribution in [3.8, 4) is 0 Å². The first kappa shape index (κ1) is 35.2. The molecule has 0 aliphatic heterocycles. The average molecular weight is 605 g/mol. The van der Waals surface area contributed by atoms with Gasteiger partial charge in [-0.15, -0.1) is 0 Å². The van der Waals surface area contributed by atoms with Crippen LogP contribution in [0.25, 0.3) is 0 Å². The third-order valence-corrected chi connectivity index (χ3v) is 10.1. The molecule has 0 aromatic carbocycles. The minimum absolute atomic E-state index is 0.00146. The van der Waals surface area contributed by atoms with E-state index in [4.69, 9.17) is 14.6 Å². The number of hydrogen-bond acceptors (Lipinski definition) is 5. The third kappa shape index (κ3) is 10.7. The summed E-state index contributed by atoms with van der Waals surface area (Å²) in [6.07, 6.45) is 15.7. The molecule has 3 rings (SSSR count). The van der Waals surface area contributed by atoms with Crippen molar-refractivity contribution in [1.29, 1.82) is 0 Å². The maximum absolute atomic E-state index is 15.1. The summed E-state index contributed by atoms with van der Waals surface area (Å²) in [5.74, 6) is -0.177. The van der Waals surface area contributed by atoms with E-state index in [1.54, 1.807) is 6.92 Å². The minimum Gasteiger partial charge on any atom is -0.462 e. The molecule has 0 aromatic heterocycles. The van der Waals surface area contributed by atoms with Crippen molar-refractivity contribution in [2.24, 2.45) is 29.6 Å². The molecule has 0 heterocycles. The first-order valence-electron chi connectivity index (χ1n) is 16.7. The zero-order valence-electron chi connectivity index (χ0n) is 26.6. The molecular formula is C36H54F2O5. The molecule has 0 spiro atoms. The number of carbonyl (C=O) groups is 2. The van der Waals surface area contributed by atoms with Gasteiger partial charge in [0.2, 0.25) is 0 Å². The zero-order chi connectivity index (χ0) is 31.4. The minimum atomic E-state index is -0.634. The van der Waals surface area contributed by atoms with Gasteiger partial charge in [-0.3, -0.25) is 0 Å². The Morgan fingerprint density at radius 1 is 0.884 bits per heavy atom. The van der Waals surface area contributed by atoms with E-state index in [9.17, 15) is 14.0 Å². The number of rotatable bonds is 16. The van der Waals surface area contributed by atoms with Gasteiger partial charge >= 0.3 is 11.9 Å². The second kappa shape index (κ2) is 17.9. The number of halogens is 2. The van der Waals surface area contributed by atoms with E-state index < -0.39 is 30.2 Å². The quantitative estimate of drug-likeness (QED) is 0.108. The van der Waals surface area contributed by atoms with Gasteiger partial charge in [0, 0.05) is 11.5 Å². The lowest BCUT2D eigenvalue weighted by Gasteiger charge is -2.39. The summed E-state index contributed by atoms with van der Waals surface area (Å²) in [4.78, 5) is 23.9. The fraction of sp³-hybridized carbons (Fsp3) is 0.722. The zero-order valence-corrected chi connectivity index (χ0v) is 26.6. The summed E-state index contributed by atoms with van der Waals surface area (Å²) in [7, 11) is 0. The van der Waals surface area contributed by atoms with Gasteiger partial charge in [0.25, 0.3) is 0 Å². The van der Waals surface area contributed by atoms with Crippen LogP contribution < -0.4 is 0 Å². The molecule has 1 atom stereocenters. The van der Waals surface area contributed by atoms with Crippen LogP contribution in [0.3, 0.4) is 0 Å². The van der Waals surface area contributed by atoms with Crippen molar-refractivity contribution in [2.45, 2.75) is 117 Å². The average Bonchev–Trinajstić information content (AvgIpc) is 3.02. The largest absolute Gasteiger partial charge is 0.462 e. The normalized spacial score (nSPS) is 25.3. The molecule has 0 bridgehead atoms. The molecule has 1 N–H and O–H groups in total. The highest BCUT2D eigenvalue weighted by atomic mass is 19.2. The van der Waals surface area contributed by atoms with Crippen LogP contribution in [0.1, 0.15) is 117 Å². The van der Waals surface area contributed by atoms with Crippen LogP contribution in [0, 0.1) is 29.6 Å². The van der Waals surface area contributed by atoms with Gasteiger partial charge in [0.15, 0.2) is 11.7 Å². The summed E-state index contributed by atoms with van der Waals surface area (Å²) in [5, 5.41) is 9.12. The molecule has 2 saturated carbocycles. The summed E-state index contributed by atoms with van der Waals surface area (Å²) in [6.45, 7) is 10.7. The molecule has 3 aliphatic rings. The maximum Gasteiger partial charge on any atom is 0.335 e. The van der Waals surface area contributed by atoms with Crippen molar-refractivity contribution >= 4 is 11.9 Å². The molecule has 7 heteroatoms. The second-order valence-corrected chi connectivity index (χ2v) is 13.3. The molecule has 242 valence electrons.